The van der Waals surface area contributed by atoms with Crippen molar-refractivity contribution in [3.63, 3.8) is 0 Å². The second-order valence-electron chi connectivity index (χ2n) is 7.54. The maximum Gasteiger partial charge on any atom is 0.0254 e. The Kier molecular flexibility index (Phi) is 5.04. The normalized spacial score (nSPS) is 43.2. The molecule has 1 saturated heterocycles. The maximum absolute atomic E-state index is 3.65. The molecule has 0 aromatic carbocycles. The van der Waals surface area contributed by atoms with Gasteiger partial charge in [0.25, 0.3) is 0 Å². The van der Waals surface area contributed by atoms with Crippen molar-refractivity contribution in [1.82, 2.24) is 10.2 Å². The second-order valence-corrected chi connectivity index (χ2v) is 7.54. The molecule has 2 saturated carbocycles. The lowest BCUT2D eigenvalue weighted by Crippen LogP contribution is -2.59. The summed E-state index contributed by atoms with van der Waals surface area (Å²) in [7, 11) is 2.19. The zero-order chi connectivity index (χ0) is 13.9. The zero-order valence-electron chi connectivity index (χ0n) is 13.6. The average molecular weight is 278 g/mol. The van der Waals surface area contributed by atoms with E-state index >= 15 is 0 Å². The molecule has 20 heavy (non-hydrogen) atoms. The van der Waals surface area contributed by atoms with E-state index in [-0.39, 0.29) is 0 Å². The monoisotopic (exact) mass is 278 g/mol. The lowest BCUT2D eigenvalue weighted by atomic mass is 9.74. The number of rotatable bonds is 3. The van der Waals surface area contributed by atoms with Crippen molar-refractivity contribution < 1.29 is 0 Å². The molecule has 5 unspecified atom stereocenters. The number of nitrogens with zero attached hydrogens (tertiary/aromatic N) is 1. The van der Waals surface area contributed by atoms with Crippen LogP contribution in [-0.4, -0.2) is 36.6 Å². The molecule has 2 aliphatic carbocycles. The van der Waals surface area contributed by atoms with Crippen LogP contribution >= 0.6 is 0 Å². The summed E-state index contributed by atoms with van der Waals surface area (Å²) >= 11 is 0. The van der Waals surface area contributed by atoms with Gasteiger partial charge in [-0.15, -0.1) is 0 Å². The fraction of sp³-hybridized carbons (Fsp3) is 1.00. The highest BCUT2D eigenvalue weighted by Crippen LogP contribution is 2.40. The van der Waals surface area contributed by atoms with Gasteiger partial charge in [0.1, 0.15) is 0 Å². The van der Waals surface area contributed by atoms with Crippen LogP contribution in [0.15, 0.2) is 0 Å². The maximum atomic E-state index is 3.65. The molecular weight excluding hydrogens is 244 g/mol. The predicted octanol–water partition coefficient (Wildman–Crippen LogP) is 3.81. The van der Waals surface area contributed by atoms with Crippen LogP contribution in [0.3, 0.4) is 0 Å². The van der Waals surface area contributed by atoms with Crippen LogP contribution in [0.2, 0.25) is 0 Å². The van der Waals surface area contributed by atoms with Crippen molar-refractivity contribution in [3.8, 4) is 0 Å². The Morgan fingerprint density at radius 1 is 0.950 bits per heavy atom. The molecule has 2 heteroatoms. The number of hydrogen-bond donors (Lipinski definition) is 1. The van der Waals surface area contributed by atoms with Gasteiger partial charge in [-0.2, -0.15) is 0 Å². The molecular formula is C18H34N2. The van der Waals surface area contributed by atoms with E-state index in [0.29, 0.717) is 0 Å². The third kappa shape index (κ3) is 2.92. The van der Waals surface area contributed by atoms with Gasteiger partial charge in [0.15, 0.2) is 0 Å². The highest BCUT2D eigenvalue weighted by molar-refractivity contribution is 4.97. The third-order valence-electron chi connectivity index (χ3n) is 6.59. The van der Waals surface area contributed by atoms with E-state index in [2.05, 4.69) is 24.2 Å². The Balaban J connectivity index is 1.73. The lowest BCUT2D eigenvalue weighted by Gasteiger charge is -2.51. The summed E-state index contributed by atoms with van der Waals surface area (Å²) in [5.41, 5.74) is 0. The van der Waals surface area contributed by atoms with Crippen molar-refractivity contribution in [1.29, 1.82) is 0 Å². The van der Waals surface area contributed by atoms with Gasteiger partial charge < -0.3 is 5.32 Å². The summed E-state index contributed by atoms with van der Waals surface area (Å²) in [6.45, 7) is 3.77. The van der Waals surface area contributed by atoms with Gasteiger partial charge in [0, 0.05) is 18.1 Å². The molecule has 1 N–H and O–H groups in total. The van der Waals surface area contributed by atoms with Gasteiger partial charge >= 0.3 is 0 Å². The largest absolute Gasteiger partial charge is 0.315 e. The SMILES string of the molecule is CCC1CCC(NC)C(N2CCCC3CCCCC32)C1. The van der Waals surface area contributed by atoms with Gasteiger partial charge in [-0.25, -0.2) is 0 Å². The Morgan fingerprint density at radius 2 is 1.75 bits per heavy atom. The van der Waals surface area contributed by atoms with Crippen LogP contribution in [0, 0.1) is 11.8 Å². The molecule has 3 aliphatic rings. The van der Waals surface area contributed by atoms with Gasteiger partial charge in [-0.05, 0) is 70.4 Å². The van der Waals surface area contributed by atoms with Gasteiger partial charge in [-0.1, -0.05) is 26.2 Å². The third-order valence-corrected chi connectivity index (χ3v) is 6.59. The number of fused-ring (bicyclic) bond motifs is 1. The van der Waals surface area contributed by atoms with Crippen molar-refractivity contribution in [3.05, 3.63) is 0 Å². The van der Waals surface area contributed by atoms with Crippen LogP contribution < -0.4 is 5.32 Å². The highest BCUT2D eigenvalue weighted by atomic mass is 15.2. The first-order valence-electron chi connectivity index (χ1n) is 9.26. The minimum absolute atomic E-state index is 0.749. The Morgan fingerprint density at radius 3 is 2.55 bits per heavy atom. The summed E-state index contributed by atoms with van der Waals surface area (Å²) in [4.78, 5) is 2.97. The Labute approximate surface area is 125 Å². The van der Waals surface area contributed by atoms with E-state index in [9.17, 15) is 0 Å². The molecule has 5 atom stereocenters. The topological polar surface area (TPSA) is 15.3 Å². The molecule has 1 aliphatic heterocycles. The molecule has 2 nitrogen and oxygen atoms in total. The van der Waals surface area contributed by atoms with E-state index in [1.54, 1.807) is 0 Å². The minimum Gasteiger partial charge on any atom is -0.315 e. The summed E-state index contributed by atoms with van der Waals surface area (Å²) < 4.78 is 0. The van der Waals surface area contributed by atoms with Crippen molar-refractivity contribution >= 4 is 0 Å². The number of hydrogen-bond acceptors (Lipinski definition) is 2. The summed E-state index contributed by atoms with van der Waals surface area (Å²) in [5.74, 6) is 2.01. The van der Waals surface area contributed by atoms with Crippen LogP contribution in [-0.2, 0) is 0 Å². The van der Waals surface area contributed by atoms with Crippen LogP contribution in [0.5, 0.6) is 0 Å². The van der Waals surface area contributed by atoms with Crippen LogP contribution in [0.25, 0.3) is 0 Å². The van der Waals surface area contributed by atoms with Crippen molar-refractivity contribution in [2.75, 3.05) is 13.6 Å². The summed E-state index contributed by atoms with van der Waals surface area (Å²) in [6.07, 6.45) is 14.6. The molecule has 1 heterocycles. The van der Waals surface area contributed by atoms with Crippen LogP contribution in [0.4, 0.5) is 0 Å². The molecule has 3 rings (SSSR count). The smallest absolute Gasteiger partial charge is 0.0254 e. The molecule has 0 aromatic rings. The van der Waals surface area contributed by atoms with E-state index in [0.717, 1.165) is 30.0 Å². The lowest BCUT2D eigenvalue weighted by molar-refractivity contribution is -0.00787. The van der Waals surface area contributed by atoms with E-state index in [1.807, 2.05) is 0 Å². The van der Waals surface area contributed by atoms with Gasteiger partial charge in [0.05, 0.1) is 0 Å². The number of nitrogens with one attached hydrogen (secondary N) is 1. The molecule has 0 spiro atoms. The quantitative estimate of drug-likeness (QED) is 0.844. The number of piperidine rings is 1. The average Bonchev–Trinajstić information content (AvgIpc) is 2.53. The molecule has 3 fully saturated rings. The predicted molar refractivity (Wildman–Crippen MR) is 86.0 cm³/mol. The number of likely N-dealkylation sites (N-methyl/N-ethyl adjacent to an activating group) is 1. The summed E-state index contributed by atoms with van der Waals surface area (Å²) in [6, 6.07) is 2.50. The minimum atomic E-state index is 0.749. The van der Waals surface area contributed by atoms with Crippen molar-refractivity contribution in [2.45, 2.75) is 89.3 Å². The molecule has 0 radical (unpaired) electrons. The van der Waals surface area contributed by atoms with E-state index in [4.69, 9.17) is 0 Å². The van der Waals surface area contributed by atoms with Crippen LogP contribution in [0.1, 0.15) is 71.1 Å². The Bertz CT molecular complexity index is 302. The molecule has 116 valence electrons. The Hall–Kier alpha value is -0.0800. The molecule has 0 aromatic heterocycles. The first kappa shape index (κ1) is 14.8. The van der Waals surface area contributed by atoms with E-state index < -0.39 is 0 Å². The first-order valence-corrected chi connectivity index (χ1v) is 9.26. The standard InChI is InChI=1S/C18H34N2/c1-3-14-10-11-16(19-2)18(13-14)20-12-6-8-15-7-4-5-9-17(15)20/h14-19H,3-13H2,1-2H3. The van der Waals surface area contributed by atoms with Gasteiger partial charge in [0.2, 0.25) is 0 Å². The zero-order valence-corrected chi connectivity index (χ0v) is 13.6. The van der Waals surface area contributed by atoms with Gasteiger partial charge in [-0.3, -0.25) is 4.90 Å². The highest BCUT2D eigenvalue weighted by Gasteiger charge is 2.41. The fourth-order valence-electron chi connectivity index (χ4n) is 5.38. The molecule has 0 bridgehead atoms. The summed E-state index contributed by atoms with van der Waals surface area (Å²) in [5, 5.41) is 3.65. The van der Waals surface area contributed by atoms with E-state index in [1.165, 1.54) is 70.8 Å². The number of likely N-dealkylation sites (tertiary alicyclic amines) is 1. The second kappa shape index (κ2) is 6.79. The first-order chi connectivity index (χ1) is 9.83. The molecule has 0 amide bonds. The fourth-order valence-corrected chi connectivity index (χ4v) is 5.38. The van der Waals surface area contributed by atoms with Crippen molar-refractivity contribution in [2.24, 2.45) is 11.8 Å².